The third-order valence-electron chi connectivity index (χ3n) is 7.58. The molecule has 0 radical (unpaired) electrons. The van der Waals surface area contributed by atoms with E-state index in [-0.39, 0.29) is 11.9 Å². The molecule has 2 aliphatic rings. The van der Waals surface area contributed by atoms with Crippen LogP contribution in [0.15, 0.2) is 30.3 Å². The summed E-state index contributed by atoms with van der Waals surface area (Å²) in [6.45, 7) is 12.4. The number of hydrogen-bond donors (Lipinski definition) is 1. The van der Waals surface area contributed by atoms with Gasteiger partial charge in [0.25, 0.3) is 5.91 Å². The summed E-state index contributed by atoms with van der Waals surface area (Å²) in [4.78, 5) is 19.8. The van der Waals surface area contributed by atoms with Crippen LogP contribution in [0.3, 0.4) is 0 Å². The van der Waals surface area contributed by atoms with Gasteiger partial charge in [-0.15, -0.1) is 5.10 Å². The van der Waals surface area contributed by atoms with Gasteiger partial charge in [0.2, 0.25) is 0 Å². The number of anilines is 1. The molecule has 1 amide bonds. The Hall–Kier alpha value is -3.19. The lowest BCUT2D eigenvalue weighted by Gasteiger charge is -2.37. The third kappa shape index (κ3) is 4.69. The van der Waals surface area contributed by atoms with Crippen LogP contribution in [0.2, 0.25) is 0 Å². The van der Waals surface area contributed by atoms with Gasteiger partial charge in [0.05, 0.1) is 11.4 Å². The summed E-state index contributed by atoms with van der Waals surface area (Å²) < 4.78 is 0. The molecule has 5 rings (SSSR count). The predicted octanol–water partition coefficient (Wildman–Crippen LogP) is 3.54. The van der Waals surface area contributed by atoms with Gasteiger partial charge in [0.15, 0.2) is 5.69 Å². The summed E-state index contributed by atoms with van der Waals surface area (Å²) in [5.41, 5.74) is 9.79. The highest BCUT2D eigenvalue weighted by molar-refractivity contribution is 5.93. The van der Waals surface area contributed by atoms with Gasteiger partial charge in [0, 0.05) is 37.9 Å². The van der Waals surface area contributed by atoms with Gasteiger partial charge in [-0.1, -0.05) is 23.8 Å². The molecule has 2 heterocycles. The van der Waals surface area contributed by atoms with Crippen molar-refractivity contribution in [3.63, 3.8) is 0 Å². The molecule has 0 spiro atoms. The van der Waals surface area contributed by atoms with Crippen LogP contribution in [0.4, 0.5) is 5.69 Å². The van der Waals surface area contributed by atoms with Gasteiger partial charge in [-0.05, 0) is 88.4 Å². The summed E-state index contributed by atoms with van der Waals surface area (Å²) in [5, 5.41) is 12.4. The Kier molecular flexibility index (Phi) is 6.36. The summed E-state index contributed by atoms with van der Waals surface area (Å²) in [5.74, 6) is -0.138. The van der Waals surface area contributed by atoms with Gasteiger partial charge in [-0.2, -0.15) is 9.90 Å². The number of rotatable bonds is 4. The zero-order chi connectivity index (χ0) is 24.7. The number of carbonyl (C=O) groups is 1. The summed E-state index contributed by atoms with van der Waals surface area (Å²) in [7, 11) is 2.19. The van der Waals surface area contributed by atoms with E-state index in [1.54, 1.807) is 4.80 Å². The molecule has 1 saturated heterocycles. The Bertz CT molecular complexity index is 1250. The van der Waals surface area contributed by atoms with Crippen molar-refractivity contribution in [3.8, 4) is 5.69 Å². The number of nitrogens with zero attached hydrogens (tertiary/aromatic N) is 5. The maximum Gasteiger partial charge on any atom is 0.273 e. The van der Waals surface area contributed by atoms with Crippen molar-refractivity contribution in [2.75, 3.05) is 38.1 Å². The van der Waals surface area contributed by atoms with Crippen molar-refractivity contribution >= 4 is 11.6 Å². The Morgan fingerprint density at radius 2 is 1.66 bits per heavy atom. The smallest absolute Gasteiger partial charge is 0.273 e. The second-order valence-corrected chi connectivity index (χ2v) is 10.3. The normalized spacial score (nSPS) is 18.4. The fourth-order valence-corrected chi connectivity index (χ4v) is 5.49. The summed E-state index contributed by atoms with van der Waals surface area (Å²) in [6, 6.07) is 10.8. The van der Waals surface area contributed by atoms with E-state index in [1.807, 2.05) is 26.0 Å². The largest absolute Gasteiger partial charge is 0.369 e. The van der Waals surface area contributed by atoms with Crippen molar-refractivity contribution in [1.82, 2.24) is 25.2 Å². The standard InChI is InChI=1S/C28H36N6O/c1-18-6-10-25(20(3)16-18)34-30-21(4)27(31-34)28(35)29-22-8-9-23-19(2)7-11-26(24(23)17-22)33-14-12-32(5)13-15-33/h6-7,10-11,16,22H,8-9,12-15,17H2,1-5H3,(H,29,35). The molecule has 1 aliphatic heterocycles. The average molecular weight is 473 g/mol. The van der Waals surface area contributed by atoms with E-state index in [2.05, 4.69) is 64.4 Å². The minimum Gasteiger partial charge on any atom is -0.369 e. The van der Waals surface area contributed by atoms with Crippen LogP contribution < -0.4 is 10.2 Å². The molecule has 1 unspecified atom stereocenters. The van der Waals surface area contributed by atoms with Gasteiger partial charge in [0.1, 0.15) is 0 Å². The van der Waals surface area contributed by atoms with Gasteiger partial charge in [-0.3, -0.25) is 4.79 Å². The SMILES string of the molecule is Cc1ccc(-n2nc(C)c(C(=O)NC3CCc4c(C)ccc(N5CCN(C)CC5)c4C3)n2)c(C)c1. The van der Waals surface area contributed by atoms with Gasteiger partial charge in [-0.25, -0.2) is 0 Å². The molecular formula is C28H36N6O. The second kappa shape index (κ2) is 9.46. The molecular weight excluding hydrogens is 436 g/mol. The highest BCUT2D eigenvalue weighted by Gasteiger charge is 2.28. The van der Waals surface area contributed by atoms with Crippen LogP contribution in [-0.2, 0) is 12.8 Å². The topological polar surface area (TPSA) is 66.3 Å². The minimum atomic E-state index is -0.138. The van der Waals surface area contributed by atoms with E-state index in [4.69, 9.17) is 0 Å². The zero-order valence-corrected chi connectivity index (χ0v) is 21.6. The van der Waals surface area contributed by atoms with Gasteiger partial charge < -0.3 is 15.1 Å². The fourth-order valence-electron chi connectivity index (χ4n) is 5.49. The number of carbonyl (C=O) groups excluding carboxylic acids is 1. The van der Waals surface area contributed by atoms with E-state index in [0.717, 1.165) is 56.7 Å². The van der Waals surface area contributed by atoms with Gasteiger partial charge >= 0.3 is 0 Å². The number of piperazine rings is 1. The lowest BCUT2D eigenvalue weighted by atomic mass is 9.84. The van der Waals surface area contributed by atoms with Crippen LogP contribution in [0, 0.1) is 27.7 Å². The summed E-state index contributed by atoms with van der Waals surface area (Å²) >= 11 is 0. The molecule has 184 valence electrons. The monoisotopic (exact) mass is 472 g/mol. The predicted molar refractivity (Wildman–Crippen MR) is 140 cm³/mol. The molecule has 1 fully saturated rings. The number of nitrogens with one attached hydrogen (secondary N) is 1. The maximum absolute atomic E-state index is 13.3. The molecule has 7 nitrogen and oxygen atoms in total. The molecule has 0 saturated carbocycles. The number of aromatic nitrogens is 3. The fraction of sp³-hybridized carbons (Fsp3) is 0.464. The third-order valence-corrected chi connectivity index (χ3v) is 7.58. The number of aryl methyl sites for hydroxylation is 4. The van der Waals surface area contributed by atoms with Crippen molar-refractivity contribution in [3.05, 3.63) is 69.5 Å². The molecule has 0 bridgehead atoms. The van der Waals surface area contributed by atoms with Crippen molar-refractivity contribution in [1.29, 1.82) is 0 Å². The van der Waals surface area contributed by atoms with Crippen LogP contribution in [0.1, 0.15) is 50.4 Å². The number of fused-ring (bicyclic) bond motifs is 1. The highest BCUT2D eigenvalue weighted by Crippen LogP contribution is 2.33. The molecule has 3 aromatic rings. The van der Waals surface area contributed by atoms with Crippen LogP contribution >= 0.6 is 0 Å². The first kappa shape index (κ1) is 23.5. The molecule has 1 N–H and O–H groups in total. The van der Waals surface area contributed by atoms with Crippen LogP contribution in [0.25, 0.3) is 5.69 Å². The number of hydrogen-bond acceptors (Lipinski definition) is 5. The Balaban J connectivity index is 1.35. The highest BCUT2D eigenvalue weighted by atomic mass is 16.2. The quantitative estimate of drug-likeness (QED) is 0.629. The lowest BCUT2D eigenvalue weighted by Crippen LogP contribution is -2.45. The Morgan fingerprint density at radius 1 is 0.914 bits per heavy atom. The second-order valence-electron chi connectivity index (χ2n) is 10.3. The lowest BCUT2D eigenvalue weighted by molar-refractivity contribution is 0.0927. The zero-order valence-electron chi connectivity index (χ0n) is 21.6. The van der Waals surface area contributed by atoms with E-state index in [0.29, 0.717) is 11.4 Å². The molecule has 2 aromatic carbocycles. The number of likely N-dealkylation sites (N-methyl/N-ethyl adjacent to an activating group) is 1. The van der Waals surface area contributed by atoms with E-state index < -0.39 is 0 Å². The first-order valence-electron chi connectivity index (χ1n) is 12.7. The van der Waals surface area contributed by atoms with E-state index in [1.165, 1.54) is 27.9 Å². The average Bonchev–Trinajstić information content (AvgIpc) is 3.21. The molecule has 1 aliphatic carbocycles. The summed E-state index contributed by atoms with van der Waals surface area (Å²) in [6.07, 6.45) is 2.78. The molecule has 1 atom stereocenters. The first-order valence-corrected chi connectivity index (χ1v) is 12.7. The van der Waals surface area contributed by atoms with Crippen LogP contribution in [0.5, 0.6) is 0 Å². The van der Waals surface area contributed by atoms with Crippen molar-refractivity contribution in [2.24, 2.45) is 0 Å². The maximum atomic E-state index is 13.3. The Morgan fingerprint density at radius 3 is 2.40 bits per heavy atom. The number of amides is 1. The first-order chi connectivity index (χ1) is 16.8. The Labute approximate surface area is 208 Å². The number of benzene rings is 2. The minimum absolute atomic E-state index is 0.0914. The molecule has 1 aromatic heterocycles. The van der Waals surface area contributed by atoms with E-state index >= 15 is 0 Å². The molecule has 7 heteroatoms. The van der Waals surface area contributed by atoms with Crippen molar-refractivity contribution < 1.29 is 4.79 Å². The molecule has 35 heavy (non-hydrogen) atoms. The van der Waals surface area contributed by atoms with Crippen LogP contribution in [-0.4, -0.2) is 65.1 Å². The van der Waals surface area contributed by atoms with Crippen molar-refractivity contribution in [2.45, 2.75) is 53.0 Å². The van der Waals surface area contributed by atoms with E-state index in [9.17, 15) is 4.79 Å².